The molecule has 2 amide bonds. The summed E-state index contributed by atoms with van der Waals surface area (Å²) in [5.41, 5.74) is 0.896. The van der Waals surface area contributed by atoms with Crippen LogP contribution in [0.2, 0.25) is 10.0 Å². The molecule has 0 aliphatic carbocycles. The minimum atomic E-state index is -4.22. The zero-order valence-corrected chi connectivity index (χ0v) is 25.1. The van der Waals surface area contributed by atoms with Gasteiger partial charge in [0.15, 0.2) is 0 Å². The van der Waals surface area contributed by atoms with Crippen molar-refractivity contribution in [2.24, 2.45) is 5.92 Å². The molecule has 3 aromatic carbocycles. The molecule has 0 fully saturated rings. The molecule has 8 nitrogen and oxygen atoms in total. The molecule has 1 N–H and O–H groups in total. The zero-order chi connectivity index (χ0) is 29.4. The first-order chi connectivity index (χ1) is 18.9. The topological polar surface area (TPSA) is 96.0 Å². The highest BCUT2D eigenvalue weighted by atomic mass is 35.5. The third-order valence-corrected chi connectivity index (χ3v) is 8.37. The van der Waals surface area contributed by atoms with Gasteiger partial charge in [-0.2, -0.15) is 0 Å². The van der Waals surface area contributed by atoms with Crippen LogP contribution < -0.4 is 14.4 Å². The lowest BCUT2D eigenvalue weighted by atomic mass is 10.1. The highest BCUT2D eigenvalue weighted by Crippen LogP contribution is 2.28. The third-order valence-electron chi connectivity index (χ3n) is 6.12. The number of nitrogens with one attached hydrogen (secondary N) is 1. The minimum absolute atomic E-state index is 0.0369. The molecule has 0 aliphatic rings. The predicted octanol–water partition coefficient (Wildman–Crippen LogP) is 5.39. The number of rotatable bonds is 12. The second-order valence-corrected chi connectivity index (χ2v) is 12.4. The standard InChI is InChI=1S/C29H33Cl2N3O5S/c1-20(2)17-32-29(36)21(3)33(18-22-7-5-8-23(30)15-22)28(35)19-34(25-10-6-9-24(31)16-25)40(37,38)27-13-11-26(39-4)12-14-27/h5-16,20-21H,17-19H2,1-4H3,(H,32,36)/t21-/m0/s1. The molecule has 0 spiro atoms. The second-order valence-electron chi connectivity index (χ2n) is 9.63. The molecule has 40 heavy (non-hydrogen) atoms. The van der Waals surface area contributed by atoms with Gasteiger partial charge in [0.25, 0.3) is 10.0 Å². The monoisotopic (exact) mass is 605 g/mol. The number of nitrogens with zero attached hydrogens (tertiary/aromatic N) is 2. The number of halogens is 2. The SMILES string of the molecule is COc1ccc(S(=O)(=O)N(CC(=O)N(Cc2cccc(Cl)c2)[C@@H](C)C(=O)NCC(C)C)c2cccc(Cl)c2)cc1. The number of carbonyl (C=O) groups excluding carboxylic acids is 2. The van der Waals surface area contributed by atoms with Gasteiger partial charge in [-0.1, -0.05) is 55.2 Å². The Balaban J connectivity index is 2.02. The van der Waals surface area contributed by atoms with E-state index in [4.69, 9.17) is 27.9 Å². The summed E-state index contributed by atoms with van der Waals surface area (Å²) in [6, 6.07) is 18.1. The molecule has 0 saturated heterocycles. The first-order valence-corrected chi connectivity index (χ1v) is 14.9. The lowest BCUT2D eigenvalue weighted by Gasteiger charge is -2.32. The average molecular weight is 607 g/mol. The summed E-state index contributed by atoms with van der Waals surface area (Å²) in [7, 11) is -2.74. The normalized spacial score (nSPS) is 12.1. The summed E-state index contributed by atoms with van der Waals surface area (Å²) in [6.45, 7) is 5.45. The summed E-state index contributed by atoms with van der Waals surface area (Å²) in [4.78, 5) is 28.3. The summed E-state index contributed by atoms with van der Waals surface area (Å²) in [5, 5.41) is 3.63. The van der Waals surface area contributed by atoms with Crippen LogP contribution in [0.4, 0.5) is 5.69 Å². The first-order valence-electron chi connectivity index (χ1n) is 12.7. The van der Waals surface area contributed by atoms with E-state index in [1.54, 1.807) is 49.4 Å². The summed E-state index contributed by atoms with van der Waals surface area (Å²) < 4.78 is 33.9. The van der Waals surface area contributed by atoms with Gasteiger partial charge in [-0.15, -0.1) is 0 Å². The van der Waals surface area contributed by atoms with Crippen LogP contribution in [-0.4, -0.2) is 51.4 Å². The van der Waals surface area contributed by atoms with Crippen molar-refractivity contribution < 1.29 is 22.7 Å². The molecule has 0 aromatic heterocycles. The third kappa shape index (κ3) is 8.13. The van der Waals surface area contributed by atoms with Crippen LogP contribution >= 0.6 is 23.2 Å². The van der Waals surface area contributed by atoms with Crippen molar-refractivity contribution >= 4 is 50.7 Å². The van der Waals surface area contributed by atoms with Crippen molar-refractivity contribution in [3.05, 3.63) is 88.4 Å². The number of benzene rings is 3. The largest absolute Gasteiger partial charge is 0.497 e. The number of amides is 2. The van der Waals surface area contributed by atoms with Crippen molar-refractivity contribution in [2.75, 3.05) is 24.5 Å². The molecule has 1 atom stereocenters. The molecule has 11 heteroatoms. The minimum Gasteiger partial charge on any atom is -0.497 e. The maximum atomic E-state index is 13.9. The number of carbonyl (C=O) groups is 2. The molecular weight excluding hydrogens is 573 g/mol. The van der Waals surface area contributed by atoms with E-state index in [1.807, 2.05) is 13.8 Å². The van der Waals surface area contributed by atoms with Gasteiger partial charge in [0.1, 0.15) is 18.3 Å². The second kappa shape index (κ2) is 13.9. The van der Waals surface area contributed by atoms with E-state index in [9.17, 15) is 18.0 Å². The van der Waals surface area contributed by atoms with Crippen LogP contribution in [0, 0.1) is 5.92 Å². The number of hydrogen-bond donors (Lipinski definition) is 1. The number of ether oxygens (including phenoxy) is 1. The van der Waals surface area contributed by atoms with Gasteiger partial charge >= 0.3 is 0 Å². The maximum Gasteiger partial charge on any atom is 0.264 e. The fraction of sp³-hybridized carbons (Fsp3) is 0.310. The molecule has 3 aromatic rings. The van der Waals surface area contributed by atoms with Gasteiger partial charge in [-0.25, -0.2) is 8.42 Å². The van der Waals surface area contributed by atoms with Crippen LogP contribution in [-0.2, 0) is 26.2 Å². The van der Waals surface area contributed by atoms with E-state index >= 15 is 0 Å². The van der Waals surface area contributed by atoms with Crippen molar-refractivity contribution in [3.8, 4) is 5.75 Å². The van der Waals surface area contributed by atoms with Crippen LogP contribution in [0.15, 0.2) is 77.7 Å². The van der Waals surface area contributed by atoms with E-state index in [-0.39, 0.29) is 29.0 Å². The summed E-state index contributed by atoms with van der Waals surface area (Å²) in [5.74, 6) is -0.236. The van der Waals surface area contributed by atoms with Gasteiger partial charge in [-0.3, -0.25) is 13.9 Å². The Hall–Kier alpha value is -3.27. The molecule has 0 radical (unpaired) electrons. The van der Waals surface area contributed by atoms with Gasteiger partial charge in [-0.05, 0) is 73.0 Å². The van der Waals surface area contributed by atoms with Crippen LogP contribution in [0.5, 0.6) is 5.75 Å². The number of sulfonamides is 1. The van der Waals surface area contributed by atoms with Gasteiger partial charge in [0, 0.05) is 23.1 Å². The van der Waals surface area contributed by atoms with E-state index in [2.05, 4.69) is 5.32 Å². The van der Waals surface area contributed by atoms with E-state index in [1.165, 1.54) is 42.3 Å². The molecule has 214 valence electrons. The fourth-order valence-electron chi connectivity index (χ4n) is 3.90. The van der Waals surface area contributed by atoms with Crippen LogP contribution in [0.1, 0.15) is 26.3 Å². The van der Waals surface area contributed by atoms with E-state index in [0.29, 0.717) is 27.9 Å². The van der Waals surface area contributed by atoms with Crippen molar-refractivity contribution in [1.29, 1.82) is 0 Å². The molecule has 3 rings (SSSR count). The smallest absolute Gasteiger partial charge is 0.264 e. The van der Waals surface area contributed by atoms with Crippen molar-refractivity contribution in [3.63, 3.8) is 0 Å². The fourth-order valence-corrected chi connectivity index (χ4v) is 5.71. The molecule has 0 aliphatic heterocycles. The van der Waals surface area contributed by atoms with Crippen molar-refractivity contribution in [2.45, 2.75) is 38.3 Å². The Labute approximate surface area is 245 Å². The Morgan fingerprint density at radius 2 is 1.55 bits per heavy atom. The van der Waals surface area contributed by atoms with Crippen LogP contribution in [0.3, 0.4) is 0 Å². The van der Waals surface area contributed by atoms with Gasteiger partial charge in [0.05, 0.1) is 17.7 Å². The summed E-state index contributed by atoms with van der Waals surface area (Å²) in [6.07, 6.45) is 0. The Morgan fingerprint density at radius 1 is 0.925 bits per heavy atom. The molecular formula is C29H33Cl2N3O5S. The van der Waals surface area contributed by atoms with Crippen LogP contribution in [0.25, 0.3) is 0 Å². The number of anilines is 1. The first kappa shape index (κ1) is 31.3. The number of hydrogen-bond acceptors (Lipinski definition) is 5. The molecule has 0 unspecified atom stereocenters. The quantitative estimate of drug-likeness (QED) is 0.299. The Kier molecular flexibility index (Phi) is 10.8. The highest BCUT2D eigenvalue weighted by molar-refractivity contribution is 7.92. The lowest BCUT2D eigenvalue weighted by Crippen LogP contribution is -2.51. The maximum absolute atomic E-state index is 13.9. The zero-order valence-electron chi connectivity index (χ0n) is 22.8. The average Bonchev–Trinajstić information content (AvgIpc) is 2.92. The van der Waals surface area contributed by atoms with E-state index < -0.39 is 28.5 Å². The van der Waals surface area contributed by atoms with E-state index in [0.717, 1.165) is 4.31 Å². The molecule has 0 bridgehead atoms. The molecule has 0 heterocycles. The Bertz CT molecular complexity index is 1430. The van der Waals surface area contributed by atoms with Gasteiger partial charge in [0.2, 0.25) is 11.8 Å². The van der Waals surface area contributed by atoms with Crippen molar-refractivity contribution in [1.82, 2.24) is 10.2 Å². The Morgan fingerprint density at radius 3 is 2.12 bits per heavy atom. The van der Waals surface area contributed by atoms with Gasteiger partial charge < -0.3 is 15.0 Å². The summed E-state index contributed by atoms with van der Waals surface area (Å²) >= 11 is 12.4. The molecule has 0 saturated carbocycles. The highest BCUT2D eigenvalue weighted by Gasteiger charge is 2.32. The lowest BCUT2D eigenvalue weighted by molar-refractivity contribution is -0.139. The number of methoxy groups -OCH3 is 1. The predicted molar refractivity (Wildman–Crippen MR) is 158 cm³/mol.